The number of carboxylic acid groups (broad SMARTS) is 1. The third-order valence-electron chi connectivity index (χ3n) is 2.07. The van der Waals surface area contributed by atoms with Crippen LogP contribution in [0.1, 0.15) is 16.7 Å². The van der Waals surface area contributed by atoms with Crippen molar-refractivity contribution in [3.8, 4) is 0 Å². The number of oxime groups is 1. The molecule has 1 N–H and O–H groups in total. The standard InChI is InChI=1S/C11H7F6NO3/c12-10(13,14)7-1-6(4-18-21-5-9(19)20)2-8(3-7)11(15,16)17/h1-4H,5H2,(H,19,20). The summed E-state index contributed by atoms with van der Waals surface area (Å²) >= 11 is 0. The fraction of sp³-hybridized carbons (Fsp3) is 0.273. The van der Waals surface area contributed by atoms with Gasteiger partial charge in [0.2, 0.25) is 6.61 Å². The number of rotatable bonds is 4. The lowest BCUT2D eigenvalue weighted by molar-refractivity contribution is -0.143. The smallest absolute Gasteiger partial charge is 0.416 e. The van der Waals surface area contributed by atoms with E-state index in [1.54, 1.807) is 0 Å². The number of carbonyl (C=O) groups is 1. The fourth-order valence-electron chi connectivity index (χ4n) is 1.24. The molecule has 0 bridgehead atoms. The lowest BCUT2D eigenvalue weighted by atomic mass is 10.1. The van der Waals surface area contributed by atoms with Crippen molar-refractivity contribution in [2.45, 2.75) is 12.4 Å². The molecule has 0 fully saturated rings. The summed E-state index contributed by atoms with van der Waals surface area (Å²) in [6.07, 6.45) is -9.37. The van der Waals surface area contributed by atoms with Crippen LogP contribution in [-0.2, 0) is 22.0 Å². The minimum atomic E-state index is -4.97. The summed E-state index contributed by atoms with van der Waals surface area (Å²) in [7, 11) is 0. The van der Waals surface area contributed by atoms with Gasteiger partial charge in [-0.2, -0.15) is 26.3 Å². The zero-order chi connectivity index (χ0) is 16.3. The van der Waals surface area contributed by atoms with Gasteiger partial charge in [0.05, 0.1) is 17.3 Å². The molecule has 0 aromatic heterocycles. The van der Waals surface area contributed by atoms with Crippen LogP contribution in [0.5, 0.6) is 0 Å². The van der Waals surface area contributed by atoms with Crippen LogP contribution >= 0.6 is 0 Å². The molecule has 0 aliphatic carbocycles. The van der Waals surface area contributed by atoms with Crippen LogP contribution in [0.25, 0.3) is 0 Å². The molecule has 0 unspecified atom stereocenters. The molecule has 4 nitrogen and oxygen atoms in total. The Morgan fingerprint density at radius 2 is 1.57 bits per heavy atom. The molecule has 0 saturated heterocycles. The van der Waals surface area contributed by atoms with Gasteiger partial charge in [-0.1, -0.05) is 5.16 Å². The van der Waals surface area contributed by atoms with Gasteiger partial charge >= 0.3 is 18.3 Å². The summed E-state index contributed by atoms with van der Waals surface area (Å²) in [5, 5.41) is 11.2. The number of nitrogens with zero attached hydrogens (tertiary/aromatic N) is 1. The topological polar surface area (TPSA) is 58.9 Å². The predicted octanol–water partition coefficient (Wildman–Crippen LogP) is 3.16. The number of alkyl halides is 6. The molecule has 10 heteroatoms. The van der Waals surface area contributed by atoms with E-state index < -0.39 is 41.6 Å². The van der Waals surface area contributed by atoms with Gasteiger partial charge in [0.25, 0.3) is 0 Å². The third-order valence-corrected chi connectivity index (χ3v) is 2.07. The van der Waals surface area contributed by atoms with Gasteiger partial charge in [0.15, 0.2) is 0 Å². The number of benzene rings is 1. The second-order valence-corrected chi connectivity index (χ2v) is 3.74. The van der Waals surface area contributed by atoms with Crippen molar-refractivity contribution in [1.29, 1.82) is 0 Å². The number of halogens is 6. The van der Waals surface area contributed by atoms with Gasteiger partial charge in [0.1, 0.15) is 0 Å². The van der Waals surface area contributed by atoms with Gasteiger partial charge in [-0.25, -0.2) is 4.79 Å². The van der Waals surface area contributed by atoms with E-state index in [0.717, 1.165) is 0 Å². The van der Waals surface area contributed by atoms with Crippen LogP contribution in [0.3, 0.4) is 0 Å². The molecule has 0 aliphatic rings. The molecule has 0 atom stereocenters. The molecular formula is C11H7F6NO3. The van der Waals surface area contributed by atoms with E-state index in [-0.39, 0.29) is 6.07 Å². The number of aliphatic carboxylic acids is 1. The van der Waals surface area contributed by atoms with E-state index in [4.69, 9.17) is 5.11 Å². The molecule has 116 valence electrons. The van der Waals surface area contributed by atoms with Gasteiger partial charge in [-0.05, 0) is 23.8 Å². The highest BCUT2D eigenvalue weighted by molar-refractivity contribution is 5.80. The van der Waals surface area contributed by atoms with E-state index in [0.29, 0.717) is 18.3 Å². The Morgan fingerprint density at radius 1 is 1.10 bits per heavy atom. The van der Waals surface area contributed by atoms with Crippen LogP contribution in [0.4, 0.5) is 26.3 Å². The predicted molar refractivity (Wildman–Crippen MR) is 57.6 cm³/mol. The minimum absolute atomic E-state index is 0.0323. The Hall–Kier alpha value is -2.26. The summed E-state index contributed by atoms with van der Waals surface area (Å²) in [4.78, 5) is 14.2. The quantitative estimate of drug-likeness (QED) is 0.527. The third kappa shape index (κ3) is 5.32. The highest BCUT2D eigenvalue weighted by atomic mass is 19.4. The van der Waals surface area contributed by atoms with Crippen molar-refractivity contribution >= 4 is 12.2 Å². The molecule has 1 aromatic carbocycles. The van der Waals surface area contributed by atoms with Gasteiger partial charge in [-0.3, -0.25) is 0 Å². The highest BCUT2D eigenvalue weighted by Crippen LogP contribution is 2.35. The van der Waals surface area contributed by atoms with Crippen molar-refractivity contribution < 1.29 is 41.1 Å². The summed E-state index contributed by atoms with van der Waals surface area (Å²) in [5.74, 6) is -1.40. The van der Waals surface area contributed by atoms with Crippen LogP contribution in [0.2, 0.25) is 0 Å². The van der Waals surface area contributed by atoms with Crippen LogP contribution < -0.4 is 0 Å². The lowest BCUT2D eigenvalue weighted by Gasteiger charge is -2.12. The van der Waals surface area contributed by atoms with E-state index in [9.17, 15) is 31.1 Å². The van der Waals surface area contributed by atoms with E-state index in [2.05, 4.69) is 9.99 Å². The Kier molecular flexibility index (Phi) is 4.81. The van der Waals surface area contributed by atoms with E-state index in [1.165, 1.54) is 0 Å². The van der Waals surface area contributed by atoms with E-state index in [1.807, 2.05) is 0 Å². The Labute approximate surface area is 113 Å². The molecule has 0 amide bonds. The van der Waals surface area contributed by atoms with Gasteiger partial charge in [0, 0.05) is 0 Å². The van der Waals surface area contributed by atoms with Crippen molar-refractivity contribution in [1.82, 2.24) is 0 Å². The van der Waals surface area contributed by atoms with Crippen LogP contribution in [-0.4, -0.2) is 23.9 Å². The minimum Gasteiger partial charge on any atom is -0.479 e. The molecule has 0 radical (unpaired) electrons. The summed E-state index contributed by atoms with van der Waals surface area (Å²) in [5.41, 5.74) is -3.53. The normalized spacial score (nSPS) is 12.7. The summed E-state index contributed by atoms with van der Waals surface area (Å²) in [6, 6.07) is 0.835. The van der Waals surface area contributed by atoms with E-state index >= 15 is 0 Å². The molecule has 0 aliphatic heterocycles. The summed E-state index contributed by atoms with van der Waals surface area (Å²) < 4.78 is 75.1. The second kappa shape index (κ2) is 6.02. The average Bonchev–Trinajstić information content (AvgIpc) is 2.32. The maximum Gasteiger partial charge on any atom is 0.416 e. The van der Waals surface area contributed by atoms with Crippen molar-refractivity contribution in [2.24, 2.45) is 5.16 Å². The first kappa shape index (κ1) is 16.8. The van der Waals surface area contributed by atoms with Gasteiger partial charge < -0.3 is 9.94 Å². The van der Waals surface area contributed by atoms with Gasteiger partial charge in [-0.15, -0.1) is 0 Å². The number of carboxylic acids is 1. The van der Waals surface area contributed by atoms with Crippen molar-refractivity contribution in [3.05, 3.63) is 34.9 Å². The largest absolute Gasteiger partial charge is 0.479 e. The molecular weight excluding hydrogens is 308 g/mol. The monoisotopic (exact) mass is 315 g/mol. The average molecular weight is 315 g/mol. The van der Waals surface area contributed by atoms with Crippen molar-refractivity contribution in [3.63, 3.8) is 0 Å². The maximum absolute atomic E-state index is 12.5. The zero-order valence-corrected chi connectivity index (χ0v) is 10.00. The SMILES string of the molecule is O=C(O)CON=Cc1cc(C(F)(F)F)cc(C(F)(F)F)c1. The Bertz CT molecular complexity index is 518. The van der Waals surface area contributed by atoms with Crippen LogP contribution in [0.15, 0.2) is 23.4 Å². The Morgan fingerprint density at radius 3 is 1.95 bits per heavy atom. The summed E-state index contributed by atoms with van der Waals surface area (Å²) in [6.45, 7) is -0.873. The zero-order valence-electron chi connectivity index (χ0n) is 10.00. The number of hydrogen-bond acceptors (Lipinski definition) is 3. The van der Waals surface area contributed by atoms with Crippen molar-refractivity contribution in [2.75, 3.05) is 6.61 Å². The Balaban J connectivity index is 3.11. The fourth-order valence-corrected chi connectivity index (χ4v) is 1.24. The molecule has 21 heavy (non-hydrogen) atoms. The first-order valence-corrected chi connectivity index (χ1v) is 5.17. The molecule has 0 heterocycles. The lowest BCUT2D eigenvalue weighted by Crippen LogP contribution is -2.11. The molecule has 0 saturated carbocycles. The first-order valence-electron chi connectivity index (χ1n) is 5.17. The first-order chi connectivity index (χ1) is 9.50. The van der Waals surface area contributed by atoms with Crippen LogP contribution in [0, 0.1) is 0 Å². The molecule has 1 aromatic rings. The highest BCUT2D eigenvalue weighted by Gasteiger charge is 2.36. The molecule has 1 rings (SSSR count). The molecule has 0 spiro atoms. The maximum atomic E-state index is 12.5. The number of hydrogen-bond donors (Lipinski definition) is 1. The second-order valence-electron chi connectivity index (χ2n) is 3.74.